The van der Waals surface area contributed by atoms with Crippen molar-refractivity contribution in [2.45, 2.75) is 18.2 Å². The van der Waals surface area contributed by atoms with Gasteiger partial charge in [0.05, 0.1) is 17.7 Å². The van der Waals surface area contributed by atoms with Crippen molar-refractivity contribution in [3.63, 3.8) is 0 Å². The molecule has 0 spiro atoms. The number of ether oxygens (including phenoxy) is 1. The van der Waals surface area contributed by atoms with Crippen LogP contribution in [0.3, 0.4) is 0 Å². The van der Waals surface area contributed by atoms with E-state index in [0.29, 0.717) is 22.9 Å². The lowest BCUT2D eigenvalue weighted by atomic mass is 10.2. The summed E-state index contributed by atoms with van der Waals surface area (Å²) in [5, 5.41) is 4.27. The number of nitrogens with zero attached hydrogens (tertiary/aromatic N) is 1. The van der Waals surface area contributed by atoms with Gasteiger partial charge in [0.2, 0.25) is 0 Å². The van der Waals surface area contributed by atoms with Crippen molar-refractivity contribution in [1.29, 1.82) is 0 Å². The Hall–Kier alpha value is -2.05. The Balaban J connectivity index is 2.11. The molecule has 122 valence electrons. The van der Waals surface area contributed by atoms with Gasteiger partial charge in [0.1, 0.15) is 5.75 Å². The average Bonchev–Trinajstić information content (AvgIpc) is 2.54. The highest BCUT2D eigenvalue weighted by molar-refractivity contribution is 7.89. The third kappa shape index (κ3) is 4.97. The molecule has 0 heterocycles. The van der Waals surface area contributed by atoms with Gasteiger partial charge in [-0.1, -0.05) is 30.7 Å². The minimum Gasteiger partial charge on any atom is -0.493 e. The maximum absolute atomic E-state index is 12.1. The lowest BCUT2D eigenvalue weighted by Gasteiger charge is -2.07. The van der Waals surface area contributed by atoms with Crippen LogP contribution in [0.5, 0.6) is 5.75 Å². The maximum Gasteiger partial charge on any atom is 0.276 e. The Morgan fingerprint density at radius 3 is 2.57 bits per heavy atom. The molecule has 0 bridgehead atoms. The SMILES string of the molecule is CCCOc1ccccc1C=NNS(=O)(=O)c1ccc(Cl)cc1. The van der Waals surface area contributed by atoms with Crippen LogP contribution in [0.4, 0.5) is 0 Å². The number of sulfonamides is 1. The summed E-state index contributed by atoms with van der Waals surface area (Å²) in [5.74, 6) is 0.656. The fourth-order valence-corrected chi connectivity index (χ4v) is 2.68. The van der Waals surface area contributed by atoms with E-state index >= 15 is 0 Å². The Morgan fingerprint density at radius 1 is 1.17 bits per heavy atom. The van der Waals surface area contributed by atoms with Gasteiger partial charge in [-0.15, -0.1) is 0 Å². The van der Waals surface area contributed by atoms with E-state index in [1.165, 1.54) is 30.5 Å². The first-order chi connectivity index (χ1) is 11.0. The molecule has 0 radical (unpaired) electrons. The van der Waals surface area contributed by atoms with Gasteiger partial charge in [-0.05, 0) is 42.8 Å². The molecule has 0 aliphatic rings. The van der Waals surface area contributed by atoms with Gasteiger partial charge in [0.25, 0.3) is 10.0 Å². The zero-order valence-corrected chi connectivity index (χ0v) is 14.1. The first-order valence-corrected chi connectivity index (χ1v) is 8.91. The number of hydrogen-bond donors (Lipinski definition) is 1. The third-order valence-corrected chi connectivity index (χ3v) is 4.37. The molecule has 0 aliphatic heterocycles. The number of benzene rings is 2. The fraction of sp³-hybridized carbons (Fsp3) is 0.188. The zero-order valence-electron chi connectivity index (χ0n) is 12.6. The van der Waals surface area contributed by atoms with Crippen LogP contribution in [0, 0.1) is 0 Å². The second-order valence-electron chi connectivity index (χ2n) is 4.69. The molecule has 0 saturated carbocycles. The predicted molar refractivity (Wildman–Crippen MR) is 91.6 cm³/mol. The second kappa shape index (κ2) is 7.99. The lowest BCUT2D eigenvalue weighted by molar-refractivity contribution is 0.317. The van der Waals surface area contributed by atoms with Gasteiger partial charge >= 0.3 is 0 Å². The lowest BCUT2D eigenvalue weighted by Crippen LogP contribution is -2.18. The fourth-order valence-electron chi connectivity index (χ4n) is 1.76. The molecule has 1 N–H and O–H groups in total. The Kier molecular flexibility index (Phi) is 6.01. The number of hydrazone groups is 1. The first kappa shape index (κ1) is 17.3. The number of halogens is 1. The van der Waals surface area contributed by atoms with Crippen LogP contribution in [-0.4, -0.2) is 21.2 Å². The predicted octanol–water partition coefficient (Wildman–Crippen LogP) is 3.44. The van der Waals surface area contributed by atoms with Crippen molar-refractivity contribution in [1.82, 2.24) is 4.83 Å². The summed E-state index contributed by atoms with van der Waals surface area (Å²) in [5.41, 5.74) is 0.694. The summed E-state index contributed by atoms with van der Waals surface area (Å²) < 4.78 is 29.8. The van der Waals surface area contributed by atoms with Gasteiger partial charge < -0.3 is 4.74 Å². The van der Waals surface area contributed by atoms with E-state index in [1.807, 2.05) is 25.1 Å². The van der Waals surface area contributed by atoms with E-state index in [1.54, 1.807) is 6.07 Å². The summed E-state index contributed by atoms with van der Waals surface area (Å²) in [6, 6.07) is 13.1. The molecule has 23 heavy (non-hydrogen) atoms. The van der Waals surface area contributed by atoms with E-state index < -0.39 is 10.0 Å². The molecule has 0 amide bonds. The topological polar surface area (TPSA) is 67.8 Å². The molecule has 2 rings (SSSR count). The van der Waals surface area contributed by atoms with Crippen molar-refractivity contribution < 1.29 is 13.2 Å². The minimum absolute atomic E-state index is 0.0922. The van der Waals surface area contributed by atoms with Crippen LogP contribution in [0.25, 0.3) is 0 Å². The highest BCUT2D eigenvalue weighted by atomic mass is 35.5. The van der Waals surface area contributed by atoms with Gasteiger partial charge in [-0.2, -0.15) is 13.5 Å². The highest BCUT2D eigenvalue weighted by Crippen LogP contribution is 2.16. The largest absolute Gasteiger partial charge is 0.493 e. The van der Waals surface area contributed by atoms with Crippen LogP contribution in [-0.2, 0) is 10.0 Å². The van der Waals surface area contributed by atoms with Crippen LogP contribution in [0.15, 0.2) is 58.5 Å². The monoisotopic (exact) mass is 352 g/mol. The normalized spacial score (nSPS) is 11.6. The molecule has 0 aliphatic carbocycles. The molecule has 5 nitrogen and oxygen atoms in total. The molecular weight excluding hydrogens is 336 g/mol. The van der Waals surface area contributed by atoms with Gasteiger partial charge in [0.15, 0.2) is 0 Å². The van der Waals surface area contributed by atoms with E-state index in [0.717, 1.165) is 6.42 Å². The van der Waals surface area contributed by atoms with Gasteiger partial charge in [-0.3, -0.25) is 0 Å². The van der Waals surface area contributed by atoms with Crippen molar-refractivity contribution in [2.75, 3.05) is 6.61 Å². The first-order valence-electron chi connectivity index (χ1n) is 7.05. The summed E-state index contributed by atoms with van der Waals surface area (Å²) in [6.07, 6.45) is 2.30. The highest BCUT2D eigenvalue weighted by Gasteiger charge is 2.12. The van der Waals surface area contributed by atoms with Crippen molar-refractivity contribution in [3.8, 4) is 5.75 Å². The summed E-state index contributed by atoms with van der Waals surface area (Å²) >= 11 is 5.75. The number of para-hydroxylation sites is 1. The Labute approximate surface area is 141 Å². The maximum atomic E-state index is 12.1. The van der Waals surface area contributed by atoms with Crippen LogP contribution in [0.1, 0.15) is 18.9 Å². The van der Waals surface area contributed by atoms with E-state index in [-0.39, 0.29) is 4.90 Å². The smallest absolute Gasteiger partial charge is 0.276 e. The van der Waals surface area contributed by atoms with E-state index in [4.69, 9.17) is 16.3 Å². The standard InChI is InChI=1S/C16H17ClN2O3S/c1-2-11-22-16-6-4-3-5-13(16)12-18-19-23(20,21)15-9-7-14(17)8-10-15/h3-10,12,19H,2,11H2,1H3. The number of rotatable bonds is 7. The van der Waals surface area contributed by atoms with Crippen molar-refractivity contribution in [3.05, 3.63) is 59.1 Å². The van der Waals surface area contributed by atoms with Gasteiger partial charge in [-0.25, -0.2) is 4.83 Å². The van der Waals surface area contributed by atoms with Gasteiger partial charge in [0, 0.05) is 10.6 Å². The molecule has 0 atom stereocenters. The average molecular weight is 353 g/mol. The molecule has 0 unspecified atom stereocenters. The Morgan fingerprint density at radius 2 is 1.87 bits per heavy atom. The summed E-state index contributed by atoms with van der Waals surface area (Å²) in [7, 11) is -3.72. The van der Waals surface area contributed by atoms with Crippen LogP contribution < -0.4 is 9.57 Å². The molecule has 0 fully saturated rings. The molecular formula is C16H17ClN2O3S. The van der Waals surface area contributed by atoms with E-state index in [9.17, 15) is 8.42 Å². The zero-order chi connectivity index (χ0) is 16.7. The number of nitrogens with one attached hydrogen (secondary N) is 1. The molecule has 2 aromatic rings. The van der Waals surface area contributed by atoms with Crippen molar-refractivity contribution >= 4 is 27.8 Å². The molecule has 2 aromatic carbocycles. The quantitative estimate of drug-likeness (QED) is 0.613. The summed E-state index contributed by atoms with van der Waals surface area (Å²) in [4.78, 5) is 2.26. The minimum atomic E-state index is -3.72. The second-order valence-corrected chi connectivity index (χ2v) is 6.79. The van der Waals surface area contributed by atoms with E-state index in [2.05, 4.69) is 9.93 Å². The molecule has 7 heteroatoms. The van der Waals surface area contributed by atoms with Crippen molar-refractivity contribution in [2.24, 2.45) is 5.10 Å². The number of hydrogen-bond acceptors (Lipinski definition) is 4. The Bertz CT molecular complexity index is 774. The summed E-state index contributed by atoms with van der Waals surface area (Å²) in [6.45, 7) is 2.60. The van der Waals surface area contributed by atoms with Crippen LogP contribution in [0.2, 0.25) is 5.02 Å². The third-order valence-electron chi connectivity index (χ3n) is 2.88. The molecule has 0 aromatic heterocycles. The molecule has 0 saturated heterocycles. The van der Waals surface area contributed by atoms with Crippen LogP contribution >= 0.6 is 11.6 Å².